The van der Waals surface area contributed by atoms with Gasteiger partial charge < -0.3 is 15.3 Å². The molecule has 5 nitrogen and oxygen atoms in total. The van der Waals surface area contributed by atoms with Gasteiger partial charge in [-0.25, -0.2) is 4.79 Å². The molecule has 114 valence electrons. The Kier molecular flexibility index (Phi) is 4.22. The lowest BCUT2D eigenvalue weighted by molar-refractivity contribution is -0.192. The van der Waals surface area contributed by atoms with Gasteiger partial charge in [-0.05, 0) is 25.2 Å². The Morgan fingerprint density at radius 2 is 1.80 bits per heavy atom. The second kappa shape index (κ2) is 5.59. The Morgan fingerprint density at radius 3 is 2.25 bits per heavy atom. The van der Waals surface area contributed by atoms with E-state index in [9.17, 15) is 18.0 Å². The fourth-order valence-electron chi connectivity index (χ4n) is 2.60. The van der Waals surface area contributed by atoms with Crippen LogP contribution in [0.2, 0.25) is 0 Å². The minimum Gasteiger partial charge on any atom is -0.475 e. The maximum Gasteiger partial charge on any atom is 0.490 e. The van der Waals surface area contributed by atoms with Gasteiger partial charge in [-0.3, -0.25) is 4.79 Å². The Labute approximate surface area is 114 Å². The normalized spacial score (nSPS) is 28.6. The molecule has 3 aliphatic rings. The van der Waals surface area contributed by atoms with Crippen molar-refractivity contribution < 1.29 is 27.9 Å². The number of amides is 1. The molecule has 3 rings (SSSR count). The first-order valence-electron chi connectivity index (χ1n) is 6.59. The molecule has 1 amide bonds. The smallest absolute Gasteiger partial charge is 0.475 e. The van der Waals surface area contributed by atoms with E-state index in [1.807, 2.05) is 0 Å². The molecule has 2 N–H and O–H groups in total. The maximum atomic E-state index is 11.8. The van der Waals surface area contributed by atoms with E-state index in [-0.39, 0.29) is 0 Å². The Hall–Kier alpha value is -1.31. The second-order valence-corrected chi connectivity index (χ2v) is 5.53. The van der Waals surface area contributed by atoms with Gasteiger partial charge in [-0.15, -0.1) is 0 Å². The summed E-state index contributed by atoms with van der Waals surface area (Å²) in [5.74, 6) is -1.19. The molecule has 0 aromatic rings. The number of carbonyl (C=O) groups is 2. The summed E-state index contributed by atoms with van der Waals surface area (Å²) in [7, 11) is 0. The molecule has 1 aliphatic carbocycles. The number of carboxylic acids is 1. The zero-order valence-electron chi connectivity index (χ0n) is 10.8. The largest absolute Gasteiger partial charge is 0.490 e. The van der Waals surface area contributed by atoms with Crippen LogP contribution in [0.3, 0.4) is 0 Å². The second-order valence-electron chi connectivity index (χ2n) is 5.53. The van der Waals surface area contributed by atoms with Gasteiger partial charge in [0.05, 0.1) is 0 Å². The van der Waals surface area contributed by atoms with Crippen molar-refractivity contribution in [2.75, 3.05) is 19.6 Å². The number of likely N-dealkylation sites (tertiary alicyclic amines) is 1. The van der Waals surface area contributed by atoms with Crippen molar-refractivity contribution in [1.82, 2.24) is 10.2 Å². The van der Waals surface area contributed by atoms with Crippen LogP contribution < -0.4 is 5.32 Å². The van der Waals surface area contributed by atoms with Crippen molar-refractivity contribution in [3.05, 3.63) is 0 Å². The molecule has 20 heavy (non-hydrogen) atoms. The monoisotopic (exact) mass is 294 g/mol. The third kappa shape index (κ3) is 3.84. The van der Waals surface area contributed by atoms with Gasteiger partial charge in [0.15, 0.2) is 0 Å². The van der Waals surface area contributed by atoms with Crippen molar-refractivity contribution in [2.45, 2.75) is 31.5 Å². The number of nitrogens with one attached hydrogen (secondary N) is 1. The SMILES string of the molecule is O=C(C1CC1)N1C[C@@H]2CN[C@@H](C2)C1.O=C(O)C(F)(F)F. The van der Waals surface area contributed by atoms with Gasteiger partial charge in [0.2, 0.25) is 5.91 Å². The summed E-state index contributed by atoms with van der Waals surface area (Å²) in [6, 6.07) is 0.599. The molecule has 1 saturated carbocycles. The highest BCUT2D eigenvalue weighted by atomic mass is 19.4. The first kappa shape index (κ1) is 15.1. The van der Waals surface area contributed by atoms with Crippen LogP contribution in [0.5, 0.6) is 0 Å². The minimum absolute atomic E-state index is 0.400. The summed E-state index contributed by atoms with van der Waals surface area (Å²) in [4.78, 5) is 22.8. The van der Waals surface area contributed by atoms with Gasteiger partial charge in [0, 0.05) is 31.6 Å². The van der Waals surface area contributed by atoms with Crippen LogP contribution in [0, 0.1) is 11.8 Å². The van der Waals surface area contributed by atoms with Crippen LogP contribution in [0.15, 0.2) is 0 Å². The lowest BCUT2D eigenvalue weighted by atomic mass is 10.00. The Bertz CT molecular complexity index is 384. The Balaban J connectivity index is 0.000000182. The summed E-state index contributed by atoms with van der Waals surface area (Å²) < 4.78 is 31.7. The third-order valence-electron chi connectivity index (χ3n) is 3.71. The summed E-state index contributed by atoms with van der Waals surface area (Å²) in [5.41, 5.74) is 0. The van der Waals surface area contributed by atoms with Gasteiger partial charge in [-0.1, -0.05) is 0 Å². The van der Waals surface area contributed by atoms with Crippen molar-refractivity contribution in [2.24, 2.45) is 11.8 Å². The van der Waals surface area contributed by atoms with Crippen molar-refractivity contribution in [1.29, 1.82) is 0 Å². The lowest BCUT2D eigenvalue weighted by Gasteiger charge is -2.31. The summed E-state index contributed by atoms with van der Waals surface area (Å²) in [6.07, 6.45) is -1.52. The number of hydrogen-bond donors (Lipinski definition) is 2. The molecule has 2 bridgehead atoms. The number of alkyl halides is 3. The fraction of sp³-hybridized carbons (Fsp3) is 0.833. The number of hydrogen-bond acceptors (Lipinski definition) is 3. The van der Waals surface area contributed by atoms with Gasteiger partial charge in [0.1, 0.15) is 0 Å². The van der Waals surface area contributed by atoms with E-state index in [0.717, 1.165) is 38.4 Å². The van der Waals surface area contributed by atoms with Crippen LogP contribution in [0.25, 0.3) is 0 Å². The summed E-state index contributed by atoms with van der Waals surface area (Å²) in [5, 5.41) is 10.6. The topological polar surface area (TPSA) is 69.6 Å². The molecule has 0 spiro atoms. The van der Waals surface area contributed by atoms with E-state index in [1.165, 1.54) is 6.42 Å². The van der Waals surface area contributed by atoms with E-state index in [1.54, 1.807) is 0 Å². The van der Waals surface area contributed by atoms with Crippen LogP contribution in [-0.4, -0.2) is 53.7 Å². The number of halogens is 3. The molecule has 0 aromatic carbocycles. The van der Waals surface area contributed by atoms with Crippen molar-refractivity contribution in [3.8, 4) is 0 Å². The molecule has 0 radical (unpaired) electrons. The van der Waals surface area contributed by atoms with Crippen LogP contribution in [0.1, 0.15) is 19.3 Å². The number of aliphatic carboxylic acids is 1. The zero-order valence-corrected chi connectivity index (χ0v) is 10.8. The van der Waals surface area contributed by atoms with E-state index >= 15 is 0 Å². The lowest BCUT2D eigenvalue weighted by Crippen LogP contribution is -2.45. The molecule has 0 unspecified atom stereocenters. The first-order valence-corrected chi connectivity index (χ1v) is 6.59. The average Bonchev–Trinajstić information content (AvgIpc) is 3.14. The van der Waals surface area contributed by atoms with Crippen molar-refractivity contribution >= 4 is 11.9 Å². The highest BCUT2D eigenvalue weighted by Gasteiger charge is 2.40. The number of fused-ring (bicyclic) bond motifs is 2. The average molecular weight is 294 g/mol. The predicted octanol–water partition coefficient (Wildman–Crippen LogP) is 0.850. The summed E-state index contributed by atoms with van der Waals surface area (Å²) in [6.45, 7) is 3.10. The number of rotatable bonds is 1. The third-order valence-corrected chi connectivity index (χ3v) is 3.71. The standard InChI is InChI=1S/C10H16N2O.C2HF3O2/c13-10(8-1-2-8)12-5-7-3-9(6-12)11-4-7;3-2(4,5)1(6)7/h7-9,11H,1-6H2;(H,6,7)/t7-,9-;/m0./s1. The predicted molar refractivity (Wildman–Crippen MR) is 62.9 cm³/mol. The molecule has 2 atom stereocenters. The van der Waals surface area contributed by atoms with Gasteiger partial charge >= 0.3 is 12.1 Å². The highest BCUT2D eigenvalue weighted by molar-refractivity contribution is 5.81. The quantitative estimate of drug-likeness (QED) is 0.752. The maximum absolute atomic E-state index is 11.8. The Morgan fingerprint density at radius 1 is 1.20 bits per heavy atom. The molecule has 0 aromatic heterocycles. The fourth-order valence-corrected chi connectivity index (χ4v) is 2.60. The molecular weight excluding hydrogens is 277 g/mol. The van der Waals surface area contributed by atoms with E-state index in [4.69, 9.17) is 9.90 Å². The molecular formula is C12H17F3N2O3. The molecule has 2 aliphatic heterocycles. The highest BCUT2D eigenvalue weighted by Crippen LogP contribution is 2.33. The van der Waals surface area contributed by atoms with Crippen molar-refractivity contribution in [3.63, 3.8) is 0 Å². The first-order chi connectivity index (χ1) is 9.27. The molecule has 8 heteroatoms. The van der Waals surface area contributed by atoms with E-state index < -0.39 is 12.1 Å². The number of nitrogens with zero attached hydrogens (tertiary/aromatic N) is 1. The van der Waals surface area contributed by atoms with Gasteiger partial charge in [0.25, 0.3) is 0 Å². The molecule has 2 saturated heterocycles. The van der Waals surface area contributed by atoms with Crippen LogP contribution in [0.4, 0.5) is 13.2 Å². The number of carbonyl (C=O) groups excluding carboxylic acids is 1. The minimum atomic E-state index is -5.08. The summed E-state index contributed by atoms with van der Waals surface area (Å²) >= 11 is 0. The van der Waals surface area contributed by atoms with Crippen LogP contribution in [-0.2, 0) is 9.59 Å². The van der Waals surface area contributed by atoms with Gasteiger partial charge in [-0.2, -0.15) is 13.2 Å². The zero-order chi connectivity index (χ0) is 14.9. The molecule has 3 fully saturated rings. The number of piperidine rings is 1. The van der Waals surface area contributed by atoms with E-state index in [2.05, 4.69) is 10.2 Å². The van der Waals surface area contributed by atoms with Crippen LogP contribution >= 0.6 is 0 Å². The number of carboxylic acid groups (broad SMARTS) is 1. The van der Waals surface area contributed by atoms with E-state index in [0.29, 0.717) is 17.9 Å². The molecule has 2 heterocycles.